The van der Waals surface area contributed by atoms with E-state index in [2.05, 4.69) is 10.0 Å². The van der Waals surface area contributed by atoms with Crippen molar-refractivity contribution in [3.8, 4) is 0 Å². The van der Waals surface area contributed by atoms with Crippen LogP contribution in [0, 0.1) is 0 Å². The fraction of sp³-hybridized carbons (Fsp3) is 1.00. The summed E-state index contributed by atoms with van der Waals surface area (Å²) in [7, 11) is -7.20. The highest BCUT2D eigenvalue weighted by molar-refractivity contribution is 8.06. The van der Waals surface area contributed by atoms with Crippen molar-refractivity contribution in [1.29, 1.82) is 0 Å². The molecule has 0 bridgehead atoms. The molecule has 0 saturated carbocycles. The standard InChI is InChI=1S/C7H16N2O4S2/c1-14(10,11)6-15(12,13)9-5-7-3-2-4-8-7/h7-9H,2-6H2,1H3. The van der Waals surface area contributed by atoms with E-state index >= 15 is 0 Å². The van der Waals surface area contributed by atoms with Gasteiger partial charge in [-0.2, -0.15) is 0 Å². The highest BCUT2D eigenvalue weighted by atomic mass is 32.3. The number of rotatable bonds is 5. The van der Waals surface area contributed by atoms with E-state index in [0.29, 0.717) is 0 Å². The third-order valence-corrected chi connectivity index (χ3v) is 5.64. The summed E-state index contributed by atoms with van der Waals surface area (Å²) in [5.74, 6) is 0. The number of hydrogen-bond acceptors (Lipinski definition) is 5. The van der Waals surface area contributed by atoms with Gasteiger partial charge in [-0.1, -0.05) is 0 Å². The van der Waals surface area contributed by atoms with E-state index in [1.54, 1.807) is 0 Å². The molecule has 1 saturated heterocycles. The van der Waals surface area contributed by atoms with Gasteiger partial charge in [0.2, 0.25) is 10.0 Å². The fourth-order valence-electron chi connectivity index (χ4n) is 1.48. The van der Waals surface area contributed by atoms with Crippen LogP contribution in [0.15, 0.2) is 0 Å². The molecule has 0 aromatic rings. The van der Waals surface area contributed by atoms with Crippen molar-refractivity contribution in [2.45, 2.75) is 18.9 Å². The molecule has 6 nitrogen and oxygen atoms in total. The van der Waals surface area contributed by atoms with Gasteiger partial charge in [0.1, 0.15) is 0 Å². The normalized spacial score (nSPS) is 23.1. The minimum Gasteiger partial charge on any atom is -0.313 e. The summed E-state index contributed by atoms with van der Waals surface area (Å²) in [4.78, 5) is 0. The number of nitrogens with one attached hydrogen (secondary N) is 2. The molecule has 0 aliphatic carbocycles. The second-order valence-electron chi connectivity index (χ2n) is 3.80. The van der Waals surface area contributed by atoms with Gasteiger partial charge in [-0.15, -0.1) is 0 Å². The Morgan fingerprint density at radius 1 is 1.33 bits per heavy atom. The molecular weight excluding hydrogens is 240 g/mol. The summed E-state index contributed by atoms with van der Waals surface area (Å²) in [5, 5.41) is 2.28. The Kier molecular flexibility index (Phi) is 4.10. The van der Waals surface area contributed by atoms with Gasteiger partial charge in [-0.25, -0.2) is 21.6 Å². The van der Waals surface area contributed by atoms with Crippen LogP contribution >= 0.6 is 0 Å². The van der Waals surface area contributed by atoms with Gasteiger partial charge >= 0.3 is 0 Å². The third-order valence-electron chi connectivity index (χ3n) is 2.08. The SMILES string of the molecule is CS(=O)(=O)CS(=O)(=O)NCC1CCCN1. The Bertz CT molecular complexity index is 395. The summed E-state index contributed by atoms with van der Waals surface area (Å²) < 4.78 is 46.5. The lowest BCUT2D eigenvalue weighted by atomic mass is 10.2. The van der Waals surface area contributed by atoms with Gasteiger partial charge in [-0.3, -0.25) is 0 Å². The molecule has 1 atom stereocenters. The Morgan fingerprint density at radius 2 is 2.00 bits per heavy atom. The number of sulfonamides is 1. The highest BCUT2D eigenvalue weighted by Crippen LogP contribution is 2.04. The molecule has 0 aromatic heterocycles. The molecule has 1 rings (SSSR count). The van der Waals surface area contributed by atoms with E-state index in [1.165, 1.54) is 0 Å². The summed E-state index contributed by atoms with van der Waals surface area (Å²) >= 11 is 0. The smallest absolute Gasteiger partial charge is 0.226 e. The Morgan fingerprint density at radius 3 is 2.47 bits per heavy atom. The second-order valence-corrected chi connectivity index (χ2v) is 8.11. The van der Waals surface area contributed by atoms with Crippen molar-refractivity contribution in [2.24, 2.45) is 0 Å². The first-order valence-electron chi connectivity index (χ1n) is 4.67. The van der Waals surface area contributed by atoms with E-state index in [9.17, 15) is 16.8 Å². The van der Waals surface area contributed by atoms with E-state index < -0.39 is 24.9 Å². The summed E-state index contributed by atoms with van der Waals surface area (Å²) in [6.45, 7) is 1.15. The zero-order chi connectivity index (χ0) is 11.5. The molecule has 8 heteroatoms. The second kappa shape index (κ2) is 4.77. The molecule has 0 radical (unpaired) electrons. The van der Waals surface area contributed by atoms with Crippen LogP contribution in [0.5, 0.6) is 0 Å². The van der Waals surface area contributed by atoms with E-state index in [1.807, 2.05) is 0 Å². The lowest BCUT2D eigenvalue weighted by molar-refractivity contribution is 0.553. The molecule has 0 amide bonds. The first kappa shape index (κ1) is 12.9. The van der Waals surface area contributed by atoms with Crippen molar-refractivity contribution in [3.63, 3.8) is 0 Å². The summed E-state index contributed by atoms with van der Waals surface area (Å²) in [5.41, 5.74) is 0. The maximum Gasteiger partial charge on any atom is 0.226 e. The predicted octanol–water partition coefficient (Wildman–Crippen LogP) is -1.34. The average Bonchev–Trinajstić information content (AvgIpc) is 2.47. The molecule has 0 aromatic carbocycles. The largest absolute Gasteiger partial charge is 0.313 e. The zero-order valence-corrected chi connectivity index (χ0v) is 10.2. The van der Waals surface area contributed by atoms with Crippen LogP contribution in [0.2, 0.25) is 0 Å². The molecule has 90 valence electrons. The minimum absolute atomic E-state index is 0.124. The summed E-state index contributed by atoms with van der Waals surface area (Å²) in [6.07, 6.45) is 2.85. The monoisotopic (exact) mass is 256 g/mol. The predicted molar refractivity (Wildman–Crippen MR) is 57.7 cm³/mol. The lowest BCUT2D eigenvalue weighted by Crippen LogP contribution is -2.39. The quantitative estimate of drug-likeness (QED) is 0.635. The van der Waals surface area contributed by atoms with Gasteiger partial charge in [0.05, 0.1) is 0 Å². The van der Waals surface area contributed by atoms with E-state index in [0.717, 1.165) is 25.6 Å². The molecule has 1 aliphatic heterocycles. The van der Waals surface area contributed by atoms with Crippen LogP contribution in [0.1, 0.15) is 12.8 Å². The molecule has 1 unspecified atom stereocenters. The van der Waals surface area contributed by atoms with Crippen LogP contribution < -0.4 is 10.0 Å². The maximum atomic E-state index is 11.3. The average molecular weight is 256 g/mol. The van der Waals surface area contributed by atoms with Crippen LogP contribution in [0.25, 0.3) is 0 Å². The van der Waals surface area contributed by atoms with Gasteiger partial charge < -0.3 is 5.32 Å². The van der Waals surface area contributed by atoms with Crippen molar-refractivity contribution in [1.82, 2.24) is 10.0 Å². The Hall–Kier alpha value is -0.180. The van der Waals surface area contributed by atoms with Crippen LogP contribution in [0.4, 0.5) is 0 Å². The Labute approximate surface area is 90.4 Å². The fourth-order valence-corrected chi connectivity index (χ4v) is 4.53. The lowest BCUT2D eigenvalue weighted by Gasteiger charge is -2.11. The van der Waals surface area contributed by atoms with E-state index in [-0.39, 0.29) is 12.6 Å². The van der Waals surface area contributed by atoms with Crippen molar-refractivity contribution in [3.05, 3.63) is 0 Å². The van der Waals surface area contributed by atoms with E-state index in [4.69, 9.17) is 0 Å². The molecule has 1 fully saturated rings. The van der Waals surface area contributed by atoms with Crippen molar-refractivity contribution < 1.29 is 16.8 Å². The molecule has 1 aliphatic rings. The number of sulfone groups is 1. The van der Waals surface area contributed by atoms with Gasteiger partial charge in [0.15, 0.2) is 14.9 Å². The minimum atomic E-state index is -3.70. The maximum absolute atomic E-state index is 11.3. The first-order valence-corrected chi connectivity index (χ1v) is 8.38. The third kappa shape index (κ3) is 5.45. The molecule has 2 N–H and O–H groups in total. The topological polar surface area (TPSA) is 92.3 Å². The van der Waals surface area contributed by atoms with Crippen LogP contribution in [-0.4, -0.2) is 47.3 Å². The highest BCUT2D eigenvalue weighted by Gasteiger charge is 2.20. The van der Waals surface area contributed by atoms with Gasteiger partial charge in [0.25, 0.3) is 0 Å². The van der Waals surface area contributed by atoms with Gasteiger partial charge in [0, 0.05) is 18.8 Å². The first-order chi connectivity index (χ1) is 6.79. The molecule has 15 heavy (non-hydrogen) atoms. The van der Waals surface area contributed by atoms with Crippen LogP contribution in [0.3, 0.4) is 0 Å². The summed E-state index contributed by atoms with van der Waals surface area (Å²) in [6, 6.07) is 0.124. The van der Waals surface area contributed by atoms with Crippen molar-refractivity contribution >= 4 is 19.9 Å². The molecule has 1 heterocycles. The van der Waals surface area contributed by atoms with Crippen molar-refractivity contribution in [2.75, 3.05) is 24.4 Å². The van der Waals surface area contributed by atoms with Crippen LogP contribution in [-0.2, 0) is 19.9 Å². The molecular formula is C7H16N2O4S2. The number of hydrogen-bond donors (Lipinski definition) is 2. The van der Waals surface area contributed by atoms with Gasteiger partial charge in [-0.05, 0) is 19.4 Å². The Balaban J connectivity index is 2.42. The molecule has 0 spiro atoms. The zero-order valence-electron chi connectivity index (χ0n) is 8.56.